The molecule has 6 atom stereocenters. The number of nitrogens with zero attached hydrogens (tertiary/aromatic N) is 1. The number of hydrogen-bond donors (Lipinski definition) is 4. The molecule has 2 amide bonds. The van der Waals surface area contributed by atoms with E-state index in [1.54, 1.807) is 20.8 Å². The van der Waals surface area contributed by atoms with Crippen LogP contribution < -0.4 is 15.4 Å². The van der Waals surface area contributed by atoms with Crippen molar-refractivity contribution in [3.8, 4) is 5.75 Å². The number of hydrogen-bond acceptors (Lipinski definition) is 8. The highest BCUT2D eigenvalue weighted by Crippen LogP contribution is 2.32. The summed E-state index contributed by atoms with van der Waals surface area (Å²) in [6.45, 7) is 11.3. The molecule has 0 aromatic heterocycles. The minimum atomic E-state index is -1.08. The van der Waals surface area contributed by atoms with E-state index in [2.05, 4.69) is 22.5 Å². The lowest BCUT2D eigenvalue weighted by atomic mass is 9.88. The van der Waals surface area contributed by atoms with Gasteiger partial charge in [-0.1, -0.05) is 66.7 Å². The quantitative estimate of drug-likeness (QED) is 0.194. The van der Waals surface area contributed by atoms with Gasteiger partial charge in [-0.2, -0.15) is 0 Å². The summed E-state index contributed by atoms with van der Waals surface area (Å²) in [5, 5.41) is 28.6. The maximum absolute atomic E-state index is 14.1. The van der Waals surface area contributed by atoms with Gasteiger partial charge in [-0.05, 0) is 81.3 Å². The van der Waals surface area contributed by atoms with E-state index >= 15 is 0 Å². The summed E-state index contributed by atoms with van der Waals surface area (Å²) in [6.07, 6.45) is -1.26. The Balaban J connectivity index is 1.32. The largest absolute Gasteiger partial charge is 0.492 e. The molecule has 270 valence electrons. The molecule has 1 aliphatic carbocycles. The number of benzene rings is 3. The summed E-state index contributed by atoms with van der Waals surface area (Å²) in [5.41, 5.74) is 3.01. The van der Waals surface area contributed by atoms with Crippen LogP contribution in [-0.2, 0) is 33.5 Å². The Bertz CT molecular complexity index is 1520. The highest BCUT2D eigenvalue weighted by Gasteiger charge is 2.35. The average Bonchev–Trinajstić information content (AvgIpc) is 3.41. The zero-order valence-corrected chi connectivity index (χ0v) is 29.7. The average molecular weight is 688 g/mol. The molecule has 0 spiro atoms. The molecule has 3 aromatic rings. The Morgan fingerprint density at radius 1 is 0.940 bits per heavy atom. The summed E-state index contributed by atoms with van der Waals surface area (Å²) >= 11 is 0. The molecule has 1 fully saturated rings. The zero-order chi connectivity index (χ0) is 35.7. The lowest BCUT2D eigenvalue weighted by molar-refractivity contribution is -0.127. The summed E-state index contributed by atoms with van der Waals surface area (Å²) in [6, 6.07) is 24.0. The van der Waals surface area contributed by atoms with Gasteiger partial charge in [-0.15, -0.1) is 0 Å². The second-order valence-corrected chi connectivity index (χ2v) is 14.6. The third-order valence-electron chi connectivity index (χ3n) is 9.43. The van der Waals surface area contributed by atoms with Crippen LogP contribution in [-0.4, -0.2) is 89.9 Å². The van der Waals surface area contributed by atoms with Crippen LogP contribution in [0.25, 0.3) is 0 Å². The number of aliphatic hydroxyl groups excluding tert-OH is 2. The second-order valence-electron chi connectivity index (χ2n) is 14.6. The number of ether oxygens (including phenoxy) is 3. The highest BCUT2D eigenvalue weighted by molar-refractivity contribution is 5.80. The fourth-order valence-corrected chi connectivity index (χ4v) is 6.71. The topological polar surface area (TPSA) is 130 Å². The minimum Gasteiger partial charge on any atom is -0.492 e. The highest BCUT2D eigenvalue weighted by atomic mass is 16.6. The fourth-order valence-electron chi connectivity index (χ4n) is 6.71. The summed E-state index contributed by atoms with van der Waals surface area (Å²) in [7, 11) is 0. The smallest absolute Gasteiger partial charge is 0.407 e. The number of rotatable bonds is 14. The molecule has 0 saturated carbocycles. The fraction of sp³-hybridized carbons (Fsp3) is 0.500. The molecule has 0 bridgehead atoms. The Hall–Kier alpha value is -3.96. The summed E-state index contributed by atoms with van der Waals surface area (Å²) in [5.74, 6) is -0.206. The van der Waals surface area contributed by atoms with Crippen LogP contribution in [0.1, 0.15) is 62.4 Å². The maximum Gasteiger partial charge on any atom is 0.407 e. The van der Waals surface area contributed by atoms with Gasteiger partial charge in [0.15, 0.2) is 0 Å². The zero-order valence-electron chi connectivity index (χ0n) is 29.7. The number of carbonyl (C=O) groups is 2. The number of alkyl carbamates (subject to hydrolysis) is 1. The van der Waals surface area contributed by atoms with Crippen LogP contribution in [0.3, 0.4) is 0 Å². The Morgan fingerprint density at radius 3 is 2.30 bits per heavy atom. The van der Waals surface area contributed by atoms with Gasteiger partial charge in [0.05, 0.1) is 37.5 Å². The minimum absolute atomic E-state index is 0.0684. The van der Waals surface area contributed by atoms with Crippen molar-refractivity contribution in [2.45, 2.75) is 89.3 Å². The molecular weight excluding hydrogens is 634 g/mol. The first-order valence-electron chi connectivity index (χ1n) is 17.8. The molecule has 10 nitrogen and oxygen atoms in total. The van der Waals surface area contributed by atoms with E-state index in [1.165, 1.54) is 0 Å². The number of amides is 2. The Morgan fingerprint density at radius 2 is 1.60 bits per heavy atom. The Kier molecular flexibility index (Phi) is 12.9. The van der Waals surface area contributed by atoms with Crippen molar-refractivity contribution < 1.29 is 34.0 Å². The summed E-state index contributed by atoms with van der Waals surface area (Å²) < 4.78 is 17.1. The molecule has 10 heteroatoms. The predicted molar refractivity (Wildman–Crippen MR) is 192 cm³/mol. The van der Waals surface area contributed by atoms with Gasteiger partial charge in [0, 0.05) is 31.5 Å². The van der Waals surface area contributed by atoms with Crippen molar-refractivity contribution in [3.63, 3.8) is 0 Å². The van der Waals surface area contributed by atoms with Crippen molar-refractivity contribution in [2.24, 2.45) is 5.92 Å². The standard InChI is InChI=1S/C40H53N3O7/c1-27(43-18-20-48-21-19-43)26-49-32-16-14-29(15-17-32)22-31(38(46)42-37-33-13-9-8-12-30(33)24-36(37)45)25-35(44)34(23-28-10-6-5-7-11-28)41-39(47)50-40(2,3)4/h5-17,27,31,34-37,44-45H,18-26H2,1-4H3,(H,41,47)(H,42,46)/t27-,31?,34?,35?,36?,37?/m1/s1. The number of carbonyl (C=O) groups excluding carboxylic acids is 2. The third-order valence-corrected chi connectivity index (χ3v) is 9.43. The van der Waals surface area contributed by atoms with Gasteiger partial charge in [0.25, 0.3) is 0 Å². The van der Waals surface area contributed by atoms with Crippen LogP contribution in [0.15, 0.2) is 78.9 Å². The van der Waals surface area contributed by atoms with Gasteiger partial charge < -0.3 is 35.1 Å². The molecule has 3 aromatic carbocycles. The van der Waals surface area contributed by atoms with E-state index in [4.69, 9.17) is 14.2 Å². The molecule has 5 rings (SSSR count). The van der Waals surface area contributed by atoms with Crippen LogP contribution in [0.2, 0.25) is 0 Å². The van der Waals surface area contributed by atoms with Crippen LogP contribution >= 0.6 is 0 Å². The molecular formula is C40H53N3O7. The summed E-state index contributed by atoms with van der Waals surface area (Å²) in [4.78, 5) is 29.4. The first-order valence-corrected chi connectivity index (χ1v) is 17.8. The third kappa shape index (κ3) is 10.8. The molecule has 4 N–H and O–H groups in total. The lowest BCUT2D eigenvalue weighted by Crippen LogP contribution is -2.48. The van der Waals surface area contributed by atoms with Gasteiger partial charge in [-0.25, -0.2) is 4.79 Å². The number of aliphatic hydroxyl groups is 2. The van der Waals surface area contributed by atoms with E-state index in [0.29, 0.717) is 25.9 Å². The number of morpholine rings is 1. The van der Waals surface area contributed by atoms with Crippen molar-refractivity contribution in [2.75, 3.05) is 32.9 Å². The molecule has 0 radical (unpaired) electrons. The van der Waals surface area contributed by atoms with Crippen LogP contribution in [0.4, 0.5) is 4.79 Å². The van der Waals surface area contributed by atoms with Crippen LogP contribution in [0.5, 0.6) is 5.75 Å². The normalized spacial score (nSPS) is 20.2. The van der Waals surface area contributed by atoms with Gasteiger partial charge in [0.2, 0.25) is 5.91 Å². The van der Waals surface area contributed by atoms with E-state index in [1.807, 2.05) is 78.9 Å². The molecule has 1 saturated heterocycles. The predicted octanol–water partition coefficient (Wildman–Crippen LogP) is 4.61. The second kappa shape index (κ2) is 17.3. The lowest BCUT2D eigenvalue weighted by Gasteiger charge is -2.32. The Labute approximate surface area is 296 Å². The number of fused-ring (bicyclic) bond motifs is 1. The van der Waals surface area contributed by atoms with E-state index in [0.717, 1.165) is 54.3 Å². The molecule has 1 aliphatic heterocycles. The molecule has 1 heterocycles. The van der Waals surface area contributed by atoms with E-state index in [-0.39, 0.29) is 18.4 Å². The first-order chi connectivity index (χ1) is 23.9. The van der Waals surface area contributed by atoms with Gasteiger partial charge in [0.1, 0.15) is 18.0 Å². The van der Waals surface area contributed by atoms with Gasteiger partial charge in [-0.3, -0.25) is 9.69 Å². The van der Waals surface area contributed by atoms with Crippen LogP contribution in [0, 0.1) is 5.92 Å². The van der Waals surface area contributed by atoms with Gasteiger partial charge >= 0.3 is 6.09 Å². The van der Waals surface area contributed by atoms with E-state index < -0.39 is 41.9 Å². The molecule has 5 unspecified atom stereocenters. The first kappa shape index (κ1) is 37.3. The monoisotopic (exact) mass is 687 g/mol. The maximum atomic E-state index is 14.1. The van der Waals surface area contributed by atoms with Crippen molar-refractivity contribution >= 4 is 12.0 Å². The van der Waals surface area contributed by atoms with Crippen molar-refractivity contribution in [1.29, 1.82) is 0 Å². The van der Waals surface area contributed by atoms with Crippen molar-refractivity contribution in [3.05, 3.63) is 101 Å². The SMILES string of the molecule is C[C@H](COc1ccc(CC(CC(O)C(Cc2ccccc2)NC(=O)OC(C)(C)C)C(=O)NC2c3ccccc3CC2O)cc1)N1CCOCC1. The molecule has 2 aliphatic rings. The number of nitrogens with one attached hydrogen (secondary N) is 2. The molecule has 50 heavy (non-hydrogen) atoms. The van der Waals surface area contributed by atoms with E-state index in [9.17, 15) is 19.8 Å². The van der Waals surface area contributed by atoms with Crippen molar-refractivity contribution in [1.82, 2.24) is 15.5 Å².